The van der Waals surface area contributed by atoms with Crippen LogP contribution in [-0.2, 0) is 6.54 Å². The van der Waals surface area contributed by atoms with Crippen LogP contribution in [0.1, 0.15) is 12.6 Å². The van der Waals surface area contributed by atoms with Crippen molar-refractivity contribution >= 4 is 50.9 Å². The van der Waals surface area contributed by atoms with E-state index in [2.05, 4.69) is 32.9 Å². The van der Waals surface area contributed by atoms with Gasteiger partial charge in [-0.1, -0.05) is 11.6 Å². The summed E-state index contributed by atoms with van der Waals surface area (Å²) in [6.45, 7) is 4.80. The number of nitrogens with one attached hydrogen (secondary N) is 1. The molecule has 0 atom stereocenters. The van der Waals surface area contributed by atoms with Crippen molar-refractivity contribution in [1.29, 1.82) is 0 Å². The van der Waals surface area contributed by atoms with Crippen LogP contribution in [0.4, 0.5) is 0 Å². The van der Waals surface area contributed by atoms with E-state index < -0.39 is 0 Å². The largest absolute Gasteiger partial charge is 0.327 e. The summed E-state index contributed by atoms with van der Waals surface area (Å²) in [7, 11) is 0. The summed E-state index contributed by atoms with van der Waals surface area (Å²) < 4.78 is 5.46. The zero-order chi connectivity index (χ0) is 14.4. The number of hydrogen-bond acceptors (Lipinski definition) is 2. The molecular weight excluding hydrogens is 360 g/mol. The first-order valence-corrected chi connectivity index (χ1v) is 7.74. The minimum Gasteiger partial charge on any atom is -0.327 e. The van der Waals surface area contributed by atoms with Crippen molar-refractivity contribution in [3.05, 3.63) is 38.2 Å². The number of H-pyrrole nitrogens is 1. The van der Waals surface area contributed by atoms with E-state index in [1.54, 1.807) is 0 Å². The zero-order valence-electron chi connectivity index (χ0n) is 10.9. The second kappa shape index (κ2) is 5.02. The minimum atomic E-state index is 0.630. The van der Waals surface area contributed by atoms with Crippen molar-refractivity contribution in [2.75, 3.05) is 0 Å². The number of nitrogens with zero attached hydrogens (tertiary/aromatic N) is 3. The molecule has 104 valence electrons. The van der Waals surface area contributed by atoms with Crippen LogP contribution in [0.5, 0.6) is 0 Å². The van der Waals surface area contributed by atoms with Gasteiger partial charge in [0, 0.05) is 16.0 Å². The van der Waals surface area contributed by atoms with E-state index in [-0.39, 0.29) is 0 Å². The fourth-order valence-corrected chi connectivity index (χ4v) is 3.18. The predicted octanol–water partition coefficient (Wildman–Crippen LogP) is 4.63. The predicted molar refractivity (Wildman–Crippen MR) is 87.4 cm³/mol. The molecule has 0 fully saturated rings. The van der Waals surface area contributed by atoms with Gasteiger partial charge in [-0.25, -0.2) is 4.68 Å². The Kier molecular flexibility index (Phi) is 3.48. The zero-order valence-corrected chi connectivity index (χ0v) is 14.1. The summed E-state index contributed by atoms with van der Waals surface area (Å²) in [5.41, 5.74) is 3.76. The second-order valence-electron chi connectivity index (χ2n) is 4.46. The number of aromatic amines is 1. The summed E-state index contributed by atoms with van der Waals surface area (Å²) in [6.07, 6.45) is 0. The third kappa shape index (κ3) is 2.03. The van der Waals surface area contributed by atoms with Gasteiger partial charge in [-0.2, -0.15) is 5.10 Å². The van der Waals surface area contributed by atoms with Crippen molar-refractivity contribution in [3.8, 4) is 5.69 Å². The van der Waals surface area contributed by atoms with Crippen molar-refractivity contribution < 1.29 is 0 Å². The van der Waals surface area contributed by atoms with Crippen LogP contribution in [0.3, 0.4) is 0 Å². The van der Waals surface area contributed by atoms with Crippen LogP contribution < -0.4 is 0 Å². The fourth-order valence-electron chi connectivity index (χ4n) is 2.30. The number of imidazole rings is 1. The summed E-state index contributed by atoms with van der Waals surface area (Å²) >= 11 is 15.1. The van der Waals surface area contributed by atoms with Gasteiger partial charge in [0.05, 0.1) is 11.4 Å². The van der Waals surface area contributed by atoms with Crippen LogP contribution in [0.15, 0.2) is 22.7 Å². The first kappa shape index (κ1) is 13.9. The summed E-state index contributed by atoms with van der Waals surface area (Å²) in [6, 6.07) is 5.64. The molecule has 0 spiro atoms. The maximum Gasteiger partial charge on any atom is 0.184 e. The van der Waals surface area contributed by atoms with Crippen molar-refractivity contribution in [3.63, 3.8) is 0 Å². The molecule has 0 bridgehead atoms. The van der Waals surface area contributed by atoms with E-state index in [0.29, 0.717) is 9.79 Å². The highest BCUT2D eigenvalue weighted by molar-refractivity contribution is 9.10. The highest BCUT2D eigenvalue weighted by atomic mass is 79.9. The third-order valence-electron chi connectivity index (χ3n) is 3.20. The normalized spacial score (nSPS) is 11.4. The lowest BCUT2D eigenvalue weighted by Crippen LogP contribution is -2.04. The lowest BCUT2D eigenvalue weighted by atomic mass is 10.3. The molecule has 1 aromatic carbocycles. The summed E-state index contributed by atoms with van der Waals surface area (Å²) in [5.74, 6) is 0. The highest BCUT2D eigenvalue weighted by Gasteiger charge is 2.16. The van der Waals surface area contributed by atoms with Gasteiger partial charge >= 0.3 is 0 Å². The lowest BCUT2D eigenvalue weighted by molar-refractivity contribution is 0.661. The maximum atomic E-state index is 6.12. The van der Waals surface area contributed by atoms with Crippen molar-refractivity contribution in [2.45, 2.75) is 20.4 Å². The first-order chi connectivity index (χ1) is 9.52. The molecule has 0 amide bonds. The fraction of sp³-hybridized carbons (Fsp3) is 0.231. The number of hydrogen-bond donors (Lipinski definition) is 1. The Hall–Kier alpha value is -1.11. The van der Waals surface area contributed by atoms with Gasteiger partial charge in [-0.15, -0.1) is 0 Å². The second-order valence-corrected chi connectivity index (χ2v) is 6.14. The SMILES string of the molecule is CCn1nc(C)c2[nH]c(=S)n(-c3cc(Cl)ccc3Br)c21. The molecule has 7 heteroatoms. The molecule has 0 saturated carbocycles. The van der Waals surface area contributed by atoms with E-state index in [0.717, 1.165) is 33.6 Å². The number of rotatable bonds is 2. The van der Waals surface area contributed by atoms with Crippen molar-refractivity contribution in [2.24, 2.45) is 0 Å². The molecule has 4 nitrogen and oxygen atoms in total. The molecule has 0 radical (unpaired) electrons. The summed E-state index contributed by atoms with van der Waals surface area (Å²) in [5, 5.41) is 5.18. The minimum absolute atomic E-state index is 0.630. The number of fused-ring (bicyclic) bond motifs is 1. The molecule has 0 aliphatic rings. The Morgan fingerprint density at radius 2 is 2.20 bits per heavy atom. The van der Waals surface area contributed by atoms with E-state index in [1.807, 2.05) is 34.4 Å². The molecule has 2 heterocycles. The molecule has 3 rings (SSSR count). The van der Waals surface area contributed by atoms with Gasteiger partial charge in [0.2, 0.25) is 0 Å². The van der Waals surface area contributed by atoms with Gasteiger partial charge in [0.25, 0.3) is 0 Å². The maximum absolute atomic E-state index is 6.12. The van der Waals surface area contributed by atoms with E-state index in [9.17, 15) is 0 Å². The lowest BCUT2D eigenvalue weighted by Gasteiger charge is -2.09. The number of aromatic nitrogens is 4. The smallest absolute Gasteiger partial charge is 0.184 e. The quantitative estimate of drug-likeness (QED) is 0.667. The molecule has 0 aliphatic heterocycles. The Bertz CT molecular complexity index is 861. The number of halogens is 2. The summed E-state index contributed by atoms with van der Waals surface area (Å²) in [4.78, 5) is 3.23. The van der Waals surface area contributed by atoms with E-state index >= 15 is 0 Å². The highest BCUT2D eigenvalue weighted by Crippen LogP contribution is 2.29. The van der Waals surface area contributed by atoms with Gasteiger partial charge in [-0.05, 0) is 60.2 Å². The number of aryl methyl sites for hydroxylation is 2. The van der Waals surface area contributed by atoms with E-state index in [1.165, 1.54) is 0 Å². The van der Waals surface area contributed by atoms with E-state index in [4.69, 9.17) is 23.8 Å². The Balaban J connectivity index is 2.44. The van der Waals surface area contributed by atoms with Gasteiger partial charge in [0.1, 0.15) is 5.52 Å². The van der Waals surface area contributed by atoms with Crippen LogP contribution in [0, 0.1) is 11.7 Å². The van der Waals surface area contributed by atoms with Crippen LogP contribution >= 0.6 is 39.7 Å². The molecule has 2 aromatic heterocycles. The van der Waals surface area contributed by atoms with Crippen LogP contribution in [0.25, 0.3) is 16.9 Å². The Labute approximate surface area is 134 Å². The molecule has 0 saturated heterocycles. The Morgan fingerprint density at radius 3 is 2.90 bits per heavy atom. The van der Waals surface area contributed by atoms with Gasteiger partial charge in [0.15, 0.2) is 10.4 Å². The molecule has 1 N–H and O–H groups in total. The average Bonchev–Trinajstić information content (AvgIpc) is 2.90. The average molecular weight is 372 g/mol. The standard InChI is InChI=1S/C13H12BrClN4S/c1-3-18-12-11(7(2)17-18)16-13(20)19(12)10-6-8(15)4-5-9(10)14/h4-6H,3H2,1-2H3,(H,16,20). The first-order valence-electron chi connectivity index (χ1n) is 6.16. The van der Waals surface area contributed by atoms with Gasteiger partial charge in [-0.3, -0.25) is 4.57 Å². The third-order valence-corrected chi connectivity index (χ3v) is 4.39. The van der Waals surface area contributed by atoms with Crippen LogP contribution in [-0.4, -0.2) is 19.3 Å². The topological polar surface area (TPSA) is 38.5 Å². The molecule has 3 aromatic rings. The molecule has 0 aliphatic carbocycles. The van der Waals surface area contributed by atoms with Crippen LogP contribution in [0.2, 0.25) is 5.02 Å². The monoisotopic (exact) mass is 370 g/mol. The molecule has 0 unspecified atom stereocenters. The number of benzene rings is 1. The van der Waals surface area contributed by atoms with Crippen molar-refractivity contribution in [1.82, 2.24) is 19.3 Å². The van der Waals surface area contributed by atoms with Gasteiger partial charge < -0.3 is 4.98 Å². The Morgan fingerprint density at radius 1 is 1.45 bits per heavy atom. The molecular formula is C13H12BrClN4S. The molecule has 20 heavy (non-hydrogen) atoms.